The van der Waals surface area contributed by atoms with Crippen molar-refractivity contribution in [2.45, 2.75) is 19.9 Å². The zero-order valence-electron chi connectivity index (χ0n) is 11.9. The van der Waals surface area contributed by atoms with E-state index in [-0.39, 0.29) is 41.3 Å². The number of aliphatic imine (C=N–C) groups is 1. The van der Waals surface area contributed by atoms with Crippen LogP contribution in [-0.2, 0) is 29.5 Å². The molecule has 0 saturated carbocycles. The van der Waals surface area contributed by atoms with Crippen LogP contribution >= 0.6 is 0 Å². The van der Waals surface area contributed by atoms with Crippen LogP contribution in [0.5, 0.6) is 5.75 Å². The van der Waals surface area contributed by atoms with Crippen molar-refractivity contribution in [1.82, 2.24) is 0 Å². The molecule has 0 bridgehead atoms. The quantitative estimate of drug-likeness (QED) is 0.867. The van der Waals surface area contributed by atoms with Gasteiger partial charge in [0.05, 0.1) is 6.54 Å². The average Bonchev–Trinajstić information content (AvgIpc) is 2.37. The monoisotopic (exact) mass is 324 g/mol. The normalized spacial score (nSPS) is 11.9. The van der Waals surface area contributed by atoms with Crippen LogP contribution < -0.4 is 10.8 Å². The Hall–Kier alpha value is -1.37. The fraction of sp³-hybridized carbons (Fsp3) is 0.267. The van der Waals surface area contributed by atoms with Gasteiger partial charge in [-0.1, -0.05) is 42.1 Å². The van der Waals surface area contributed by atoms with Gasteiger partial charge in [0.15, 0.2) is 0 Å². The number of nitrogens with zero attached hydrogens (tertiary/aromatic N) is 1. The maximum Gasteiger partial charge on any atom is 0.0541 e. The van der Waals surface area contributed by atoms with E-state index >= 15 is 0 Å². The predicted octanol–water partition coefficient (Wildman–Crippen LogP) is 1.83. The molecular formula is C15H17N2O3V-5. The molecule has 21 heavy (non-hydrogen) atoms. The second-order valence-electron chi connectivity index (χ2n) is 4.57. The second kappa shape index (κ2) is 9.55. The Morgan fingerprint density at radius 2 is 1.81 bits per heavy atom. The number of rotatable bonds is 3. The second-order valence-corrected chi connectivity index (χ2v) is 4.57. The maximum absolute atomic E-state index is 12.3. The van der Waals surface area contributed by atoms with Crippen molar-refractivity contribution in [3.8, 4) is 5.75 Å². The summed E-state index contributed by atoms with van der Waals surface area (Å²) < 4.78 is 0. The molecule has 2 rings (SSSR count). The first kappa shape index (κ1) is 21.9. The Labute approximate surface area is 136 Å². The van der Waals surface area contributed by atoms with Gasteiger partial charge in [-0.25, -0.2) is 0 Å². The summed E-state index contributed by atoms with van der Waals surface area (Å²) in [6, 6.07) is 11.4. The van der Waals surface area contributed by atoms with E-state index in [0.717, 1.165) is 16.5 Å². The van der Waals surface area contributed by atoms with E-state index in [0.29, 0.717) is 12.1 Å². The SMILES string of the molecule is CC(=NC[C@H](C)N)c1ccc2ccccc2c1[O-].[O-2].[O-2].[V]. The average molecular weight is 324 g/mol. The molecule has 0 heterocycles. The summed E-state index contributed by atoms with van der Waals surface area (Å²) >= 11 is 0. The molecular weight excluding hydrogens is 307 g/mol. The van der Waals surface area contributed by atoms with Crippen LogP contribution in [0.2, 0.25) is 0 Å². The largest absolute Gasteiger partial charge is 2.00 e. The molecule has 2 aromatic carbocycles. The maximum atomic E-state index is 12.3. The molecule has 5 nitrogen and oxygen atoms in total. The van der Waals surface area contributed by atoms with Crippen LogP contribution in [0.1, 0.15) is 19.4 Å². The fourth-order valence-corrected chi connectivity index (χ4v) is 1.89. The van der Waals surface area contributed by atoms with Gasteiger partial charge in [0.25, 0.3) is 0 Å². The summed E-state index contributed by atoms with van der Waals surface area (Å²) in [6.45, 7) is 4.29. The van der Waals surface area contributed by atoms with Gasteiger partial charge in [0.2, 0.25) is 0 Å². The molecule has 0 unspecified atom stereocenters. The van der Waals surface area contributed by atoms with Crippen LogP contribution in [0.25, 0.3) is 10.8 Å². The van der Waals surface area contributed by atoms with Gasteiger partial charge in [0, 0.05) is 30.3 Å². The first-order valence-corrected chi connectivity index (χ1v) is 6.05. The van der Waals surface area contributed by atoms with E-state index in [1.165, 1.54) is 0 Å². The summed E-state index contributed by atoms with van der Waals surface area (Å²) in [5.41, 5.74) is 7.08. The number of fused-ring (bicyclic) bond motifs is 1. The molecule has 6 heteroatoms. The van der Waals surface area contributed by atoms with Crippen molar-refractivity contribution in [3.63, 3.8) is 0 Å². The Morgan fingerprint density at radius 1 is 1.19 bits per heavy atom. The van der Waals surface area contributed by atoms with Crippen molar-refractivity contribution >= 4 is 16.5 Å². The van der Waals surface area contributed by atoms with Gasteiger partial charge in [-0.15, -0.1) is 0 Å². The molecule has 0 spiro atoms. The summed E-state index contributed by atoms with van der Waals surface area (Å²) in [6.07, 6.45) is 0. The van der Waals surface area contributed by atoms with Crippen molar-refractivity contribution in [1.29, 1.82) is 0 Å². The molecule has 1 atom stereocenters. The van der Waals surface area contributed by atoms with Crippen LogP contribution in [0.3, 0.4) is 0 Å². The molecule has 0 fully saturated rings. The molecule has 0 saturated heterocycles. The Bertz CT molecular complexity index is 600. The Kier molecular flexibility index (Phi) is 9.97. The standard InChI is InChI=1S/C15H18N2O.2O.V/c1-10(16)9-17-11(2)13-8-7-12-5-3-4-6-14(12)15(13)18;;;/h3-8,10,18H,9,16H2,1-2H3;;;/q;2*-2;/p-1/t10-;;;/m0.../s1. The van der Waals surface area contributed by atoms with Gasteiger partial charge in [-0.3, -0.25) is 4.99 Å². The van der Waals surface area contributed by atoms with E-state index in [1.807, 2.05) is 50.2 Å². The first-order chi connectivity index (χ1) is 8.59. The molecule has 2 N–H and O–H groups in total. The van der Waals surface area contributed by atoms with E-state index in [4.69, 9.17) is 5.73 Å². The van der Waals surface area contributed by atoms with Crippen LogP contribution in [0, 0.1) is 0 Å². The molecule has 0 aromatic heterocycles. The van der Waals surface area contributed by atoms with Crippen LogP contribution in [-0.4, -0.2) is 18.3 Å². The Balaban J connectivity index is 0. The first-order valence-electron chi connectivity index (χ1n) is 6.05. The third kappa shape index (κ3) is 5.15. The fourth-order valence-electron chi connectivity index (χ4n) is 1.89. The molecule has 0 aliphatic rings. The predicted molar refractivity (Wildman–Crippen MR) is 75.5 cm³/mol. The Morgan fingerprint density at radius 3 is 2.43 bits per heavy atom. The van der Waals surface area contributed by atoms with E-state index in [1.54, 1.807) is 0 Å². The molecule has 0 amide bonds. The zero-order chi connectivity index (χ0) is 13.1. The summed E-state index contributed by atoms with van der Waals surface area (Å²) in [7, 11) is 0. The molecule has 2 aromatic rings. The number of hydrogen-bond donors (Lipinski definition) is 1. The molecule has 1 radical (unpaired) electrons. The van der Waals surface area contributed by atoms with Crippen molar-refractivity contribution < 1.29 is 34.6 Å². The van der Waals surface area contributed by atoms with Crippen molar-refractivity contribution in [2.75, 3.05) is 6.54 Å². The smallest absolute Gasteiger partial charge is 0.0541 e. The van der Waals surface area contributed by atoms with E-state index < -0.39 is 0 Å². The van der Waals surface area contributed by atoms with Crippen LogP contribution in [0.15, 0.2) is 41.4 Å². The van der Waals surface area contributed by atoms with Crippen molar-refractivity contribution in [3.05, 3.63) is 42.0 Å². The minimum absolute atomic E-state index is 0. The van der Waals surface area contributed by atoms with E-state index in [2.05, 4.69) is 4.99 Å². The number of nitrogens with two attached hydrogens (primary N) is 1. The van der Waals surface area contributed by atoms with Gasteiger partial charge in [-0.05, 0) is 30.2 Å². The number of benzene rings is 2. The topological polar surface area (TPSA) is 118 Å². The molecule has 0 aliphatic heterocycles. The molecule has 115 valence electrons. The van der Waals surface area contributed by atoms with Gasteiger partial charge in [0.1, 0.15) is 0 Å². The van der Waals surface area contributed by atoms with Crippen molar-refractivity contribution in [2.24, 2.45) is 10.7 Å². The van der Waals surface area contributed by atoms with Gasteiger partial charge < -0.3 is 21.8 Å². The van der Waals surface area contributed by atoms with Gasteiger partial charge >= 0.3 is 0 Å². The summed E-state index contributed by atoms with van der Waals surface area (Å²) in [5.74, 6) is 0.0408. The third-order valence-electron chi connectivity index (χ3n) is 2.89. The summed E-state index contributed by atoms with van der Waals surface area (Å²) in [5, 5.41) is 14.0. The zero-order valence-corrected chi connectivity index (χ0v) is 13.3. The van der Waals surface area contributed by atoms with Gasteiger partial charge in [-0.2, -0.15) is 0 Å². The van der Waals surface area contributed by atoms with E-state index in [9.17, 15) is 5.11 Å². The summed E-state index contributed by atoms with van der Waals surface area (Å²) in [4.78, 5) is 4.35. The third-order valence-corrected chi connectivity index (χ3v) is 2.89. The minimum Gasteiger partial charge on any atom is -2.00 e. The molecule has 0 aliphatic carbocycles. The number of hydrogen-bond acceptors (Lipinski definition) is 3. The minimum atomic E-state index is 0. The van der Waals surface area contributed by atoms with Crippen LogP contribution in [0.4, 0.5) is 0 Å².